The molecule has 9 heteroatoms. The molecule has 0 saturated heterocycles. The molecule has 0 aliphatic heterocycles. The molecule has 0 radical (unpaired) electrons. The van der Waals surface area contributed by atoms with E-state index in [1.54, 1.807) is 0 Å². The number of non-ortho nitro benzene ring substituents is 1. The van der Waals surface area contributed by atoms with Crippen molar-refractivity contribution in [3.8, 4) is 0 Å². The summed E-state index contributed by atoms with van der Waals surface area (Å²) < 4.78 is 3.58. The lowest BCUT2D eigenvalue weighted by atomic mass is 10.2. The van der Waals surface area contributed by atoms with E-state index in [0.717, 1.165) is 11.6 Å². The molecule has 0 aromatic heterocycles. The van der Waals surface area contributed by atoms with Crippen molar-refractivity contribution in [2.75, 3.05) is 0 Å². The van der Waals surface area contributed by atoms with Gasteiger partial charge in [0.15, 0.2) is 6.23 Å². The number of nitrogens with one attached hydrogen (secondary N) is 1. The van der Waals surface area contributed by atoms with Crippen LogP contribution in [-0.4, -0.2) is 20.9 Å². The first-order valence-electron chi connectivity index (χ1n) is 7.05. The second-order valence-electron chi connectivity index (χ2n) is 5.00. The van der Waals surface area contributed by atoms with E-state index in [0.29, 0.717) is 0 Å². The number of halogens is 3. The second kappa shape index (κ2) is 8.49. The Kier molecular flexibility index (Phi) is 6.61. The third kappa shape index (κ3) is 5.86. The first-order chi connectivity index (χ1) is 11.8. The van der Waals surface area contributed by atoms with Gasteiger partial charge in [-0.1, -0.05) is 71.2 Å². The van der Waals surface area contributed by atoms with Crippen molar-refractivity contribution < 1.29 is 14.5 Å². The molecule has 0 bridgehead atoms. The van der Waals surface area contributed by atoms with Crippen molar-refractivity contribution in [3.63, 3.8) is 0 Å². The summed E-state index contributed by atoms with van der Waals surface area (Å²) in [5.74, 6) is -0.659. The molecule has 2 rings (SSSR count). The molecule has 1 atom stereocenters. The van der Waals surface area contributed by atoms with E-state index >= 15 is 0 Å². The van der Waals surface area contributed by atoms with Gasteiger partial charge in [-0.3, -0.25) is 14.9 Å². The Morgan fingerprint density at radius 2 is 1.84 bits per heavy atom. The topological polar surface area (TPSA) is 81.5 Å². The molecule has 1 N–H and O–H groups in total. The van der Waals surface area contributed by atoms with E-state index in [-0.39, 0.29) is 17.9 Å². The van der Waals surface area contributed by atoms with E-state index in [2.05, 4.69) is 5.32 Å². The Morgan fingerprint density at radius 1 is 1.16 bits per heavy atom. The fourth-order valence-electron chi connectivity index (χ4n) is 1.93. The molecule has 0 heterocycles. The van der Waals surface area contributed by atoms with Crippen molar-refractivity contribution in [1.29, 1.82) is 0 Å². The van der Waals surface area contributed by atoms with Crippen LogP contribution < -0.4 is 5.32 Å². The second-order valence-corrected chi connectivity index (χ2v) is 7.37. The van der Waals surface area contributed by atoms with Gasteiger partial charge in [-0.05, 0) is 11.6 Å². The van der Waals surface area contributed by atoms with Crippen LogP contribution in [0.3, 0.4) is 0 Å². The number of nitrogens with zero attached hydrogens (tertiary/aromatic N) is 1. The van der Waals surface area contributed by atoms with E-state index in [9.17, 15) is 14.9 Å². The Morgan fingerprint density at radius 3 is 2.44 bits per heavy atom. The van der Waals surface area contributed by atoms with E-state index in [1.165, 1.54) is 18.2 Å². The number of hydrogen-bond acceptors (Lipinski definition) is 4. The number of ether oxygens (including phenoxy) is 1. The average molecular weight is 404 g/mol. The fraction of sp³-hybridized carbons (Fsp3) is 0.188. The molecule has 6 nitrogen and oxygen atoms in total. The summed E-state index contributed by atoms with van der Waals surface area (Å²) in [5, 5.41) is 13.2. The summed E-state index contributed by atoms with van der Waals surface area (Å²) in [6.45, 7) is 0.106. The minimum Gasteiger partial charge on any atom is -0.349 e. The summed E-state index contributed by atoms with van der Waals surface area (Å²) >= 11 is 17.6. The number of nitro benzene ring substituents is 1. The Hall–Kier alpha value is -1.86. The predicted octanol–water partition coefficient (Wildman–Crippen LogP) is 4.24. The average Bonchev–Trinajstić information content (AvgIpc) is 2.58. The fourth-order valence-corrected chi connectivity index (χ4v) is 2.29. The quantitative estimate of drug-likeness (QED) is 0.338. The number of amides is 1. The number of alkyl halides is 3. The van der Waals surface area contributed by atoms with E-state index < -0.39 is 20.9 Å². The molecular formula is C16H13Cl3N2O4. The molecule has 2 aromatic rings. The lowest BCUT2D eigenvalue weighted by molar-refractivity contribution is -0.384. The van der Waals surface area contributed by atoms with Gasteiger partial charge >= 0.3 is 0 Å². The summed E-state index contributed by atoms with van der Waals surface area (Å²) in [6, 6.07) is 14.3. The van der Waals surface area contributed by atoms with Gasteiger partial charge in [0.1, 0.15) is 0 Å². The minimum absolute atomic E-state index is 0.0526. The normalized spacial score (nSPS) is 12.4. The SMILES string of the molecule is O=C(NC(OCc1ccccc1)C(Cl)(Cl)Cl)c1cccc([N+](=O)[O-])c1. The number of benzene rings is 2. The van der Waals surface area contributed by atoms with Crippen molar-refractivity contribution in [3.05, 3.63) is 75.8 Å². The largest absolute Gasteiger partial charge is 0.349 e. The van der Waals surface area contributed by atoms with Gasteiger partial charge < -0.3 is 10.1 Å². The highest BCUT2D eigenvalue weighted by atomic mass is 35.6. The zero-order valence-electron chi connectivity index (χ0n) is 12.7. The van der Waals surface area contributed by atoms with Crippen LogP contribution in [-0.2, 0) is 11.3 Å². The van der Waals surface area contributed by atoms with Crippen molar-refractivity contribution in [2.24, 2.45) is 0 Å². The molecule has 0 aliphatic carbocycles. The van der Waals surface area contributed by atoms with Crippen LogP contribution in [0.1, 0.15) is 15.9 Å². The monoisotopic (exact) mass is 402 g/mol. The molecule has 1 unspecified atom stereocenters. The van der Waals surface area contributed by atoms with Crippen molar-refractivity contribution in [2.45, 2.75) is 16.6 Å². The lowest BCUT2D eigenvalue weighted by Crippen LogP contribution is -2.45. The summed E-state index contributed by atoms with van der Waals surface area (Å²) in [4.78, 5) is 22.5. The Labute approximate surface area is 158 Å². The van der Waals surface area contributed by atoms with E-state index in [4.69, 9.17) is 39.5 Å². The number of carbonyl (C=O) groups is 1. The van der Waals surface area contributed by atoms with Crippen LogP contribution in [0.2, 0.25) is 0 Å². The van der Waals surface area contributed by atoms with Crippen molar-refractivity contribution >= 4 is 46.4 Å². The predicted molar refractivity (Wildman–Crippen MR) is 95.9 cm³/mol. The van der Waals surface area contributed by atoms with Crippen molar-refractivity contribution in [1.82, 2.24) is 5.32 Å². The molecule has 25 heavy (non-hydrogen) atoms. The molecule has 0 saturated carbocycles. The number of nitro groups is 1. The summed E-state index contributed by atoms with van der Waals surface area (Å²) in [6.07, 6.45) is -1.25. The zero-order chi connectivity index (χ0) is 18.4. The van der Waals surface area contributed by atoms with Crippen LogP contribution in [0.25, 0.3) is 0 Å². The van der Waals surface area contributed by atoms with E-state index in [1.807, 2.05) is 30.3 Å². The molecule has 132 valence electrons. The smallest absolute Gasteiger partial charge is 0.270 e. The van der Waals surface area contributed by atoms with Gasteiger partial charge in [0.2, 0.25) is 3.79 Å². The highest BCUT2D eigenvalue weighted by molar-refractivity contribution is 6.68. The van der Waals surface area contributed by atoms with Crippen LogP contribution >= 0.6 is 34.8 Å². The Balaban J connectivity index is 2.10. The highest BCUT2D eigenvalue weighted by Crippen LogP contribution is 2.31. The highest BCUT2D eigenvalue weighted by Gasteiger charge is 2.35. The molecule has 1 amide bonds. The molecule has 0 aliphatic rings. The maximum atomic E-state index is 12.3. The number of carbonyl (C=O) groups excluding carboxylic acids is 1. The minimum atomic E-state index is -1.93. The molecule has 0 spiro atoms. The molecular weight excluding hydrogens is 391 g/mol. The van der Waals surface area contributed by atoms with Crippen LogP contribution in [0.15, 0.2) is 54.6 Å². The lowest BCUT2D eigenvalue weighted by Gasteiger charge is -2.25. The van der Waals surface area contributed by atoms with Gasteiger partial charge in [-0.2, -0.15) is 0 Å². The molecule has 0 fully saturated rings. The van der Waals surface area contributed by atoms with Gasteiger partial charge in [-0.25, -0.2) is 0 Å². The maximum absolute atomic E-state index is 12.3. The van der Waals surface area contributed by atoms with Crippen LogP contribution in [0.4, 0.5) is 5.69 Å². The standard InChI is InChI=1S/C16H13Cl3N2O4/c17-16(18,19)15(25-10-11-5-2-1-3-6-11)20-14(22)12-7-4-8-13(9-12)21(23)24/h1-9,15H,10H2,(H,20,22). The molecule has 2 aromatic carbocycles. The Bertz CT molecular complexity index is 751. The maximum Gasteiger partial charge on any atom is 0.270 e. The zero-order valence-corrected chi connectivity index (χ0v) is 15.0. The van der Waals surface area contributed by atoms with Gasteiger partial charge in [0.05, 0.1) is 11.5 Å². The third-order valence-corrected chi connectivity index (χ3v) is 3.73. The van der Waals surface area contributed by atoms with Crippen LogP contribution in [0.5, 0.6) is 0 Å². The first kappa shape index (κ1) is 19.5. The number of hydrogen-bond donors (Lipinski definition) is 1. The number of rotatable bonds is 6. The summed E-state index contributed by atoms with van der Waals surface area (Å²) in [5.41, 5.74) is 0.659. The third-order valence-electron chi connectivity index (χ3n) is 3.14. The van der Waals surface area contributed by atoms with Gasteiger partial charge in [-0.15, -0.1) is 0 Å². The van der Waals surface area contributed by atoms with Crippen LogP contribution in [0, 0.1) is 10.1 Å². The summed E-state index contributed by atoms with van der Waals surface area (Å²) in [7, 11) is 0. The van der Waals surface area contributed by atoms with Gasteiger partial charge in [0.25, 0.3) is 11.6 Å². The first-order valence-corrected chi connectivity index (χ1v) is 8.18. The van der Waals surface area contributed by atoms with Gasteiger partial charge in [0, 0.05) is 17.7 Å².